The summed E-state index contributed by atoms with van der Waals surface area (Å²) in [5, 5.41) is 17.9. The first kappa shape index (κ1) is 22.5. The van der Waals surface area contributed by atoms with Crippen molar-refractivity contribution in [1.82, 2.24) is 19.3 Å². The SMILES string of the molecule is CC(CO)(Nc1cc(-n2ccc3c(cnn3Cc3c(F)cccc3F)c2=O)c(Cl)cn1)C1CC1. The van der Waals surface area contributed by atoms with E-state index in [4.69, 9.17) is 11.6 Å². The van der Waals surface area contributed by atoms with E-state index in [1.165, 1.54) is 46.0 Å². The summed E-state index contributed by atoms with van der Waals surface area (Å²) in [5.74, 6) is -0.522. The van der Waals surface area contributed by atoms with E-state index in [2.05, 4.69) is 15.4 Å². The maximum atomic E-state index is 14.1. The molecule has 34 heavy (non-hydrogen) atoms. The smallest absolute Gasteiger partial charge is 0.266 e. The van der Waals surface area contributed by atoms with Crippen LogP contribution in [0.5, 0.6) is 0 Å². The van der Waals surface area contributed by atoms with E-state index >= 15 is 0 Å². The predicted molar refractivity (Wildman–Crippen MR) is 125 cm³/mol. The van der Waals surface area contributed by atoms with Gasteiger partial charge in [0, 0.05) is 17.8 Å². The first-order valence-electron chi connectivity index (χ1n) is 10.9. The molecule has 0 saturated heterocycles. The highest BCUT2D eigenvalue weighted by atomic mass is 35.5. The molecule has 1 atom stereocenters. The Morgan fingerprint density at radius 3 is 2.65 bits per heavy atom. The predicted octanol–water partition coefficient (Wildman–Crippen LogP) is 4.14. The summed E-state index contributed by atoms with van der Waals surface area (Å²) in [6.07, 6.45) is 6.42. The molecule has 1 fully saturated rings. The third kappa shape index (κ3) is 3.95. The number of nitrogens with zero attached hydrogens (tertiary/aromatic N) is 4. The highest BCUT2D eigenvalue weighted by Crippen LogP contribution is 2.41. The summed E-state index contributed by atoms with van der Waals surface area (Å²) in [4.78, 5) is 17.6. The van der Waals surface area contributed by atoms with Gasteiger partial charge in [0.15, 0.2) is 0 Å². The quantitative estimate of drug-likeness (QED) is 0.411. The molecule has 5 rings (SSSR count). The first-order chi connectivity index (χ1) is 16.3. The van der Waals surface area contributed by atoms with Crippen LogP contribution in [0.3, 0.4) is 0 Å². The maximum absolute atomic E-state index is 14.1. The van der Waals surface area contributed by atoms with Gasteiger partial charge in [-0.05, 0) is 43.9 Å². The monoisotopic (exact) mass is 485 g/mol. The van der Waals surface area contributed by atoms with E-state index in [0.717, 1.165) is 12.8 Å². The van der Waals surface area contributed by atoms with Gasteiger partial charge in [-0.15, -0.1) is 0 Å². The van der Waals surface area contributed by atoms with Gasteiger partial charge in [-0.1, -0.05) is 17.7 Å². The molecule has 2 N–H and O–H groups in total. The second-order valence-corrected chi connectivity index (χ2v) is 9.20. The van der Waals surface area contributed by atoms with Crippen molar-refractivity contribution in [1.29, 1.82) is 0 Å². The van der Waals surface area contributed by atoms with Crippen LogP contribution in [0.2, 0.25) is 5.02 Å². The van der Waals surface area contributed by atoms with Crippen LogP contribution in [0.15, 0.2) is 53.7 Å². The number of benzene rings is 1. The Balaban J connectivity index is 1.52. The van der Waals surface area contributed by atoms with Crippen molar-refractivity contribution in [2.24, 2.45) is 5.92 Å². The molecular weight excluding hydrogens is 464 g/mol. The molecule has 10 heteroatoms. The van der Waals surface area contributed by atoms with Crippen molar-refractivity contribution < 1.29 is 13.9 Å². The molecule has 7 nitrogen and oxygen atoms in total. The summed E-state index contributed by atoms with van der Waals surface area (Å²) < 4.78 is 31.0. The lowest BCUT2D eigenvalue weighted by Crippen LogP contribution is -2.41. The Labute approximate surface area is 198 Å². The van der Waals surface area contributed by atoms with Crippen LogP contribution in [0.4, 0.5) is 14.6 Å². The molecule has 0 bridgehead atoms. The van der Waals surface area contributed by atoms with Crippen molar-refractivity contribution in [2.45, 2.75) is 31.8 Å². The van der Waals surface area contributed by atoms with E-state index < -0.39 is 17.2 Å². The minimum absolute atomic E-state index is 0.0506. The number of rotatable bonds is 7. The van der Waals surface area contributed by atoms with Crippen molar-refractivity contribution >= 4 is 28.3 Å². The fourth-order valence-corrected chi connectivity index (χ4v) is 4.39. The lowest BCUT2D eigenvalue weighted by Gasteiger charge is -2.29. The van der Waals surface area contributed by atoms with Crippen molar-refractivity contribution in [3.8, 4) is 5.69 Å². The molecule has 0 radical (unpaired) electrons. The van der Waals surface area contributed by atoms with Gasteiger partial charge in [0.2, 0.25) is 0 Å². The van der Waals surface area contributed by atoms with Crippen LogP contribution in [0.1, 0.15) is 25.3 Å². The third-order valence-electron chi connectivity index (χ3n) is 6.40. The van der Waals surface area contributed by atoms with Crippen molar-refractivity contribution in [3.63, 3.8) is 0 Å². The standard InChI is InChI=1S/C24H22ClF2N5O2/c1-24(13-33,14-5-6-14)30-22-9-21(17(25)11-28-22)31-8-7-20-15(23(31)34)10-29-32(20)12-16-18(26)3-2-4-19(16)27/h2-4,7-11,14,33H,5-6,12-13H2,1H3,(H,28,30). The normalized spacial score (nSPS) is 15.4. The van der Waals surface area contributed by atoms with Gasteiger partial charge in [0.25, 0.3) is 5.56 Å². The van der Waals surface area contributed by atoms with Crippen LogP contribution in [-0.2, 0) is 6.54 Å². The van der Waals surface area contributed by atoms with E-state index in [1.54, 1.807) is 12.1 Å². The fourth-order valence-electron chi connectivity index (χ4n) is 4.19. The molecule has 1 unspecified atom stereocenters. The molecule has 1 aromatic carbocycles. The van der Waals surface area contributed by atoms with E-state index in [1.807, 2.05) is 6.92 Å². The second kappa shape index (κ2) is 8.48. The van der Waals surface area contributed by atoms with Gasteiger partial charge in [-0.25, -0.2) is 13.8 Å². The molecule has 0 spiro atoms. The number of halogens is 3. The summed E-state index contributed by atoms with van der Waals surface area (Å²) in [6.45, 7) is 1.73. The van der Waals surface area contributed by atoms with Crippen LogP contribution in [-0.4, -0.2) is 36.6 Å². The number of aromatic nitrogens is 4. The summed E-state index contributed by atoms with van der Waals surface area (Å²) in [6, 6.07) is 6.96. The van der Waals surface area contributed by atoms with Gasteiger partial charge >= 0.3 is 0 Å². The second-order valence-electron chi connectivity index (χ2n) is 8.79. The van der Waals surface area contributed by atoms with E-state index in [0.29, 0.717) is 22.9 Å². The van der Waals surface area contributed by atoms with Crippen molar-refractivity contribution in [2.75, 3.05) is 11.9 Å². The first-order valence-corrected chi connectivity index (χ1v) is 11.2. The summed E-state index contributed by atoms with van der Waals surface area (Å²) in [5.41, 5.74) is -0.184. The van der Waals surface area contributed by atoms with Crippen LogP contribution < -0.4 is 10.9 Å². The number of anilines is 1. The fraction of sp³-hybridized carbons (Fsp3) is 0.292. The number of hydrogen-bond acceptors (Lipinski definition) is 5. The Morgan fingerprint density at radius 1 is 1.24 bits per heavy atom. The Morgan fingerprint density at radius 2 is 1.97 bits per heavy atom. The minimum atomic E-state index is -0.679. The third-order valence-corrected chi connectivity index (χ3v) is 6.69. The molecular formula is C24H22ClF2N5O2. The van der Waals surface area contributed by atoms with E-state index in [-0.39, 0.29) is 34.7 Å². The lowest BCUT2D eigenvalue weighted by molar-refractivity contribution is 0.205. The number of fused-ring (bicyclic) bond motifs is 1. The molecule has 1 aliphatic carbocycles. The summed E-state index contributed by atoms with van der Waals surface area (Å²) in [7, 11) is 0. The zero-order valence-corrected chi connectivity index (χ0v) is 19.1. The Hall–Kier alpha value is -3.30. The average molecular weight is 486 g/mol. The van der Waals surface area contributed by atoms with Gasteiger partial charge in [-0.2, -0.15) is 5.10 Å². The zero-order chi connectivity index (χ0) is 24.0. The van der Waals surface area contributed by atoms with Gasteiger partial charge in [-0.3, -0.25) is 14.0 Å². The molecule has 0 amide bonds. The van der Waals surface area contributed by atoms with Gasteiger partial charge in [0.05, 0.1) is 52.7 Å². The molecule has 0 aliphatic heterocycles. The number of hydrogen-bond donors (Lipinski definition) is 2. The zero-order valence-electron chi connectivity index (χ0n) is 18.3. The molecule has 1 aliphatic rings. The topological polar surface area (TPSA) is 85.0 Å². The highest BCUT2D eigenvalue weighted by Gasteiger charge is 2.41. The molecule has 4 aromatic rings. The van der Waals surface area contributed by atoms with Crippen LogP contribution in [0, 0.1) is 17.6 Å². The Kier molecular flexibility index (Phi) is 5.61. The van der Waals surface area contributed by atoms with Gasteiger partial charge in [0.1, 0.15) is 17.5 Å². The van der Waals surface area contributed by atoms with Gasteiger partial charge < -0.3 is 10.4 Å². The van der Waals surface area contributed by atoms with Crippen LogP contribution in [0.25, 0.3) is 16.6 Å². The number of aliphatic hydroxyl groups is 1. The highest BCUT2D eigenvalue weighted by molar-refractivity contribution is 6.32. The molecule has 176 valence electrons. The molecule has 3 heterocycles. The van der Waals surface area contributed by atoms with Crippen molar-refractivity contribution in [3.05, 3.63) is 81.5 Å². The number of pyridine rings is 2. The minimum Gasteiger partial charge on any atom is -0.394 e. The summed E-state index contributed by atoms with van der Waals surface area (Å²) >= 11 is 6.38. The van der Waals surface area contributed by atoms with E-state index in [9.17, 15) is 18.7 Å². The van der Waals surface area contributed by atoms with Crippen LogP contribution >= 0.6 is 11.6 Å². The lowest BCUT2D eigenvalue weighted by atomic mass is 9.97. The maximum Gasteiger partial charge on any atom is 0.266 e. The average Bonchev–Trinajstić information content (AvgIpc) is 3.60. The number of aliphatic hydroxyl groups excluding tert-OH is 1. The molecule has 1 saturated carbocycles. The molecule has 3 aromatic heterocycles. The largest absolute Gasteiger partial charge is 0.394 e. The number of nitrogens with one attached hydrogen (secondary N) is 1. The Bertz CT molecular complexity index is 1430.